The maximum atomic E-state index is 5.72. The van der Waals surface area contributed by atoms with Gasteiger partial charge >= 0.3 is 0 Å². The van der Waals surface area contributed by atoms with Gasteiger partial charge in [0.2, 0.25) is 5.89 Å². The second-order valence-corrected chi connectivity index (χ2v) is 7.93. The molecule has 2 aliphatic rings. The molecule has 2 aromatic rings. The molecule has 2 heterocycles. The number of aromatic nitrogens is 2. The SMILES string of the molecule is Cc1ccc(C2(c3noc(CN(C)CC4COCCO4)n3)CCCC2)cc1. The van der Waals surface area contributed by atoms with E-state index in [9.17, 15) is 0 Å². The van der Waals surface area contributed by atoms with Crippen LogP contribution in [0, 0.1) is 6.92 Å². The molecule has 0 amide bonds. The van der Waals surface area contributed by atoms with E-state index >= 15 is 0 Å². The Morgan fingerprint density at radius 1 is 1.15 bits per heavy atom. The lowest BCUT2D eigenvalue weighted by Crippen LogP contribution is -2.38. The monoisotopic (exact) mass is 371 g/mol. The second-order valence-electron chi connectivity index (χ2n) is 7.93. The smallest absolute Gasteiger partial charge is 0.240 e. The molecule has 1 saturated heterocycles. The van der Waals surface area contributed by atoms with Crippen molar-refractivity contribution in [2.45, 2.75) is 50.7 Å². The topological polar surface area (TPSA) is 60.6 Å². The summed E-state index contributed by atoms with van der Waals surface area (Å²) in [6.45, 7) is 5.54. The zero-order valence-corrected chi connectivity index (χ0v) is 16.3. The zero-order chi connectivity index (χ0) is 18.7. The van der Waals surface area contributed by atoms with Gasteiger partial charge < -0.3 is 14.0 Å². The van der Waals surface area contributed by atoms with Gasteiger partial charge in [0.05, 0.1) is 37.9 Å². The van der Waals surface area contributed by atoms with Crippen molar-refractivity contribution >= 4 is 0 Å². The normalized spacial score (nSPS) is 22.4. The number of rotatable bonds is 6. The molecule has 2 fully saturated rings. The highest BCUT2D eigenvalue weighted by Crippen LogP contribution is 2.45. The predicted octanol–water partition coefficient (Wildman–Crippen LogP) is 3.09. The number of hydrogen-bond donors (Lipinski definition) is 0. The van der Waals surface area contributed by atoms with Crippen LogP contribution >= 0.6 is 0 Å². The summed E-state index contributed by atoms with van der Waals surface area (Å²) >= 11 is 0. The van der Waals surface area contributed by atoms with E-state index in [1.54, 1.807) is 0 Å². The second kappa shape index (κ2) is 8.09. The van der Waals surface area contributed by atoms with Crippen LogP contribution in [-0.4, -0.2) is 54.6 Å². The molecule has 0 bridgehead atoms. The minimum Gasteiger partial charge on any atom is -0.376 e. The first-order chi connectivity index (χ1) is 13.2. The fourth-order valence-corrected chi connectivity index (χ4v) is 4.29. The highest BCUT2D eigenvalue weighted by atomic mass is 16.6. The molecule has 1 unspecified atom stereocenters. The Bertz CT molecular complexity index is 731. The molecule has 1 aromatic carbocycles. The number of hydrogen-bond acceptors (Lipinski definition) is 6. The van der Waals surface area contributed by atoms with Crippen molar-refractivity contribution in [1.29, 1.82) is 0 Å². The van der Waals surface area contributed by atoms with E-state index < -0.39 is 0 Å². The lowest BCUT2D eigenvalue weighted by atomic mass is 9.78. The summed E-state index contributed by atoms with van der Waals surface area (Å²) in [6, 6.07) is 8.80. The predicted molar refractivity (Wildman–Crippen MR) is 102 cm³/mol. The molecule has 6 heteroatoms. The first-order valence-corrected chi connectivity index (χ1v) is 9.94. The average Bonchev–Trinajstić information content (AvgIpc) is 3.33. The highest BCUT2D eigenvalue weighted by Gasteiger charge is 2.41. The van der Waals surface area contributed by atoms with Crippen LogP contribution in [0.25, 0.3) is 0 Å². The molecular weight excluding hydrogens is 342 g/mol. The maximum absolute atomic E-state index is 5.72. The Morgan fingerprint density at radius 3 is 2.63 bits per heavy atom. The van der Waals surface area contributed by atoms with Crippen LogP contribution in [-0.2, 0) is 21.4 Å². The third-order valence-electron chi connectivity index (χ3n) is 5.76. The van der Waals surface area contributed by atoms with E-state index in [0.29, 0.717) is 32.3 Å². The molecule has 6 nitrogen and oxygen atoms in total. The van der Waals surface area contributed by atoms with E-state index in [1.165, 1.54) is 24.0 Å². The van der Waals surface area contributed by atoms with Gasteiger partial charge in [0.1, 0.15) is 0 Å². The van der Waals surface area contributed by atoms with Crippen molar-refractivity contribution in [3.05, 3.63) is 47.1 Å². The lowest BCUT2D eigenvalue weighted by Gasteiger charge is -2.27. The van der Waals surface area contributed by atoms with Gasteiger partial charge in [-0.3, -0.25) is 4.90 Å². The molecule has 0 N–H and O–H groups in total. The minimum atomic E-state index is -0.103. The van der Waals surface area contributed by atoms with Crippen LogP contribution in [0.15, 0.2) is 28.8 Å². The number of aryl methyl sites for hydroxylation is 1. The van der Waals surface area contributed by atoms with Crippen LogP contribution in [0.4, 0.5) is 0 Å². The van der Waals surface area contributed by atoms with Crippen LogP contribution < -0.4 is 0 Å². The maximum Gasteiger partial charge on any atom is 0.240 e. The van der Waals surface area contributed by atoms with Gasteiger partial charge in [0.15, 0.2) is 5.82 Å². The molecule has 1 atom stereocenters. The van der Waals surface area contributed by atoms with Gasteiger partial charge in [-0.05, 0) is 32.4 Å². The van der Waals surface area contributed by atoms with Crippen LogP contribution in [0.2, 0.25) is 0 Å². The zero-order valence-electron chi connectivity index (χ0n) is 16.3. The van der Waals surface area contributed by atoms with Crippen molar-refractivity contribution < 1.29 is 14.0 Å². The highest BCUT2D eigenvalue weighted by molar-refractivity contribution is 5.35. The van der Waals surface area contributed by atoms with E-state index in [2.05, 4.69) is 41.2 Å². The molecule has 4 rings (SSSR count). The summed E-state index contributed by atoms with van der Waals surface area (Å²) in [7, 11) is 2.05. The van der Waals surface area contributed by atoms with Crippen molar-refractivity contribution in [3.8, 4) is 0 Å². The number of benzene rings is 1. The van der Waals surface area contributed by atoms with Gasteiger partial charge in [-0.1, -0.05) is 47.8 Å². The Kier molecular flexibility index (Phi) is 5.57. The fourth-order valence-electron chi connectivity index (χ4n) is 4.29. The fraction of sp³-hybridized carbons (Fsp3) is 0.619. The number of nitrogens with zero attached hydrogens (tertiary/aromatic N) is 3. The van der Waals surface area contributed by atoms with Gasteiger partial charge in [-0.15, -0.1) is 0 Å². The van der Waals surface area contributed by atoms with E-state index in [0.717, 1.165) is 25.2 Å². The Balaban J connectivity index is 1.47. The molecule has 1 aliphatic carbocycles. The molecular formula is C21H29N3O3. The van der Waals surface area contributed by atoms with Crippen LogP contribution in [0.5, 0.6) is 0 Å². The third-order valence-corrected chi connectivity index (χ3v) is 5.76. The molecule has 0 spiro atoms. The van der Waals surface area contributed by atoms with Gasteiger partial charge in [0, 0.05) is 6.54 Å². The summed E-state index contributed by atoms with van der Waals surface area (Å²) in [6.07, 6.45) is 4.68. The Labute approximate surface area is 160 Å². The standard InChI is InChI=1S/C21H29N3O3/c1-16-5-7-17(8-6-16)21(9-3-4-10-21)20-22-19(27-23-20)14-24(2)13-18-15-25-11-12-26-18/h5-8,18H,3-4,9-15H2,1-2H3. The number of ether oxygens (including phenoxy) is 2. The van der Waals surface area contributed by atoms with Crippen molar-refractivity contribution in [1.82, 2.24) is 15.0 Å². The minimum absolute atomic E-state index is 0.103. The van der Waals surface area contributed by atoms with Crippen LogP contribution in [0.1, 0.15) is 48.5 Å². The van der Waals surface area contributed by atoms with Gasteiger partial charge in [-0.2, -0.15) is 4.98 Å². The van der Waals surface area contributed by atoms with Crippen molar-refractivity contribution in [2.24, 2.45) is 0 Å². The summed E-state index contributed by atoms with van der Waals surface area (Å²) in [5, 5.41) is 4.40. The molecule has 146 valence electrons. The van der Waals surface area contributed by atoms with E-state index in [-0.39, 0.29) is 11.5 Å². The molecule has 1 aromatic heterocycles. The number of likely N-dealkylation sites (N-methyl/N-ethyl adjacent to an activating group) is 1. The van der Waals surface area contributed by atoms with E-state index in [4.69, 9.17) is 19.0 Å². The molecule has 1 saturated carbocycles. The van der Waals surface area contributed by atoms with Crippen molar-refractivity contribution in [2.75, 3.05) is 33.4 Å². The first kappa shape index (κ1) is 18.6. The van der Waals surface area contributed by atoms with Gasteiger partial charge in [0.25, 0.3) is 0 Å². The molecule has 0 radical (unpaired) electrons. The summed E-state index contributed by atoms with van der Waals surface area (Å²) in [5.41, 5.74) is 2.48. The van der Waals surface area contributed by atoms with E-state index in [1.807, 2.05) is 7.05 Å². The summed E-state index contributed by atoms with van der Waals surface area (Å²) in [4.78, 5) is 6.96. The van der Waals surface area contributed by atoms with Crippen molar-refractivity contribution in [3.63, 3.8) is 0 Å². The quantitative estimate of drug-likeness (QED) is 0.778. The molecule has 1 aliphatic heterocycles. The third kappa shape index (κ3) is 4.08. The Hall–Kier alpha value is -1.76. The summed E-state index contributed by atoms with van der Waals surface area (Å²) in [5.74, 6) is 1.51. The largest absolute Gasteiger partial charge is 0.376 e. The lowest BCUT2D eigenvalue weighted by molar-refractivity contribution is -0.0967. The Morgan fingerprint density at radius 2 is 1.93 bits per heavy atom. The first-order valence-electron chi connectivity index (χ1n) is 9.94. The van der Waals surface area contributed by atoms with Gasteiger partial charge in [-0.25, -0.2) is 0 Å². The summed E-state index contributed by atoms with van der Waals surface area (Å²) < 4.78 is 16.8. The average molecular weight is 371 g/mol. The van der Waals surface area contributed by atoms with Crippen LogP contribution in [0.3, 0.4) is 0 Å². The molecule has 27 heavy (non-hydrogen) atoms.